The van der Waals surface area contributed by atoms with E-state index in [2.05, 4.69) is 11.4 Å². The highest BCUT2D eigenvalue weighted by molar-refractivity contribution is 5.90. The van der Waals surface area contributed by atoms with Crippen LogP contribution in [0.25, 0.3) is 0 Å². The van der Waals surface area contributed by atoms with Crippen molar-refractivity contribution in [2.45, 2.75) is 20.3 Å². The highest BCUT2D eigenvalue weighted by atomic mass is 16.5. The van der Waals surface area contributed by atoms with Crippen molar-refractivity contribution in [1.29, 1.82) is 0 Å². The second-order valence-corrected chi connectivity index (χ2v) is 5.20. The van der Waals surface area contributed by atoms with Gasteiger partial charge in [0.15, 0.2) is 0 Å². The van der Waals surface area contributed by atoms with E-state index in [9.17, 15) is 4.79 Å². The van der Waals surface area contributed by atoms with Crippen LogP contribution in [0.1, 0.15) is 17.5 Å². The zero-order chi connectivity index (χ0) is 15.9. The van der Waals surface area contributed by atoms with Crippen molar-refractivity contribution in [2.24, 2.45) is 0 Å². The summed E-state index contributed by atoms with van der Waals surface area (Å²) in [6.45, 7) is 4.39. The van der Waals surface area contributed by atoms with Gasteiger partial charge in [-0.2, -0.15) is 0 Å². The minimum Gasteiger partial charge on any atom is -0.497 e. The third kappa shape index (κ3) is 4.81. The molecule has 0 heterocycles. The predicted octanol–water partition coefficient (Wildman–Crippen LogP) is 3.72. The Bertz CT molecular complexity index is 632. The molecular weight excluding hydrogens is 278 g/mol. The lowest BCUT2D eigenvalue weighted by Crippen LogP contribution is -2.15. The molecule has 1 amide bonds. The van der Waals surface area contributed by atoms with Gasteiger partial charge in [-0.05, 0) is 49.2 Å². The molecule has 22 heavy (non-hydrogen) atoms. The van der Waals surface area contributed by atoms with Crippen LogP contribution in [0.5, 0.6) is 11.5 Å². The highest BCUT2D eigenvalue weighted by Crippen LogP contribution is 2.18. The van der Waals surface area contributed by atoms with Gasteiger partial charge < -0.3 is 14.8 Å². The number of hydrogen-bond acceptors (Lipinski definition) is 3. The number of rotatable bonds is 6. The van der Waals surface area contributed by atoms with Gasteiger partial charge in [-0.15, -0.1) is 0 Å². The standard InChI is InChI=1S/C18H21NO3/c1-13-9-14(2)11-17(10-13)22-8-7-18(20)19-15-5-4-6-16(12-15)21-3/h4-6,9-12H,7-8H2,1-3H3,(H,19,20). The van der Waals surface area contributed by atoms with Gasteiger partial charge in [0.2, 0.25) is 5.91 Å². The van der Waals surface area contributed by atoms with Crippen LogP contribution in [0.3, 0.4) is 0 Å². The van der Waals surface area contributed by atoms with Crippen LogP contribution in [0.4, 0.5) is 5.69 Å². The summed E-state index contributed by atoms with van der Waals surface area (Å²) >= 11 is 0. The van der Waals surface area contributed by atoms with E-state index in [-0.39, 0.29) is 5.91 Å². The third-order valence-electron chi connectivity index (χ3n) is 3.15. The first kappa shape index (κ1) is 15.9. The topological polar surface area (TPSA) is 47.6 Å². The Morgan fingerprint density at radius 1 is 1.05 bits per heavy atom. The summed E-state index contributed by atoms with van der Waals surface area (Å²) in [5.74, 6) is 1.42. The minimum absolute atomic E-state index is 0.0855. The molecule has 0 spiro atoms. The van der Waals surface area contributed by atoms with E-state index in [1.165, 1.54) is 0 Å². The summed E-state index contributed by atoms with van der Waals surface area (Å²) in [7, 11) is 1.60. The summed E-state index contributed by atoms with van der Waals surface area (Å²) in [5.41, 5.74) is 3.02. The van der Waals surface area contributed by atoms with Crippen LogP contribution < -0.4 is 14.8 Å². The monoisotopic (exact) mass is 299 g/mol. The number of amides is 1. The van der Waals surface area contributed by atoms with E-state index in [1.807, 2.05) is 44.2 Å². The molecule has 0 unspecified atom stereocenters. The Labute approximate surface area is 131 Å². The number of ether oxygens (including phenoxy) is 2. The number of methoxy groups -OCH3 is 1. The van der Waals surface area contributed by atoms with Crippen molar-refractivity contribution < 1.29 is 14.3 Å². The summed E-state index contributed by atoms with van der Waals surface area (Å²) in [6, 6.07) is 13.3. The van der Waals surface area contributed by atoms with Gasteiger partial charge in [0.25, 0.3) is 0 Å². The first-order valence-electron chi connectivity index (χ1n) is 7.22. The molecule has 2 rings (SSSR count). The Kier molecular flexibility index (Phi) is 5.42. The quantitative estimate of drug-likeness (QED) is 0.884. The number of aryl methyl sites for hydroxylation is 2. The molecule has 2 aromatic rings. The van der Waals surface area contributed by atoms with Crippen LogP contribution in [0.15, 0.2) is 42.5 Å². The van der Waals surface area contributed by atoms with Gasteiger partial charge in [0, 0.05) is 11.8 Å². The molecule has 0 aliphatic carbocycles. The molecule has 0 aliphatic rings. The average Bonchev–Trinajstić information content (AvgIpc) is 2.46. The van der Waals surface area contributed by atoms with E-state index >= 15 is 0 Å². The SMILES string of the molecule is COc1cccc(NC(=O)CCOc2cc(C)cc(C)c2)c1. The fourth-order valence-electron chi connectivity index (χ4n) is 2.20. The van der Waals surface area contributed by atoms with Crippen LogP contribution >= 0.6 is 0 Å². The summed E-state index contributed by atoms with van der Waals surface area (Å²) in [5, 5.41) is 2.83. The molecule has 0 bridgehead atoms. The van der Waals surface area contributed by atoms with Crippen LogP contribution in [-0.2, 0) is 4.79 Å². The largest absolute Gasteiger partial charge is 0.497 e. The van der Waals surface area contributed by atoms with Crippen molar-refractivity contribution >= 4 is 11.6 Å². The Morgan fingerprint density at radius 2 is 1.77 bits per heavy atom. The zero-order valence-electron chi connectivity index (χ0n) is 13.2. The molecule has 4 nitrogen and oxygen atoms in total. The van der Waals surface area contributed by atoms with Crippen molar-refractivity contribution in [3.63, 3.8) is 0 Å². The molecule has 0 saturated carbocycles. The predicted molar refractivity (Wildman–Crippen MR) is 87.7 cm³/mol. The summed E-state index contributed by atoms with van der Waals surface area (Å²) in [4.78, 5) is 11.9. The lowest BCUT2D eigenvalue weighted by molar-refractivity contribution is -0.116. The maximum absolute atomic E-state index is 11.9. The number of benzene rings is 2. The molecule has 0 radical (unpaired) electrons. The van der Waals surface area contributed by atoms with Gasteiger partial charge in [0.05, 0.1) is 20.1 Å². The van der Waals surface area contributed by atoms with Gasteiger partial charge in [0.1, 0.15) is 11.5 Å². The van der Waals surface area contributed by atoms with Crippen LogP contribution in [0, 0.1) is 13.8 Å². The van der Waals surface area contributed by atoms with Crippen molar-refractivity contribution in [2.75, 3.05) is 19.0 Å². The van der Waals surface area contributed by atoms with Crippen LogP contribution in [0.2, 0.25) is 0 Å². The maximum Gasteiger partial charge on any atom is 0.227 e. The minimum atomic E-state index is -0.0855. The van der Waals surface area contributed by atoms with E-state index in [0.717, 1.165) is 22.6 Å². The fourth-order valence-corrected chi connectivity index (χ4v) is 2.20. The zero-order valence-corrected chi connectivity index (χ0v) is 13.2. The Balaban J connectivity index is 1.82. The van der Waals surface area contributed by atoms with Gasteiger partial charge >= 0.3 is 0 Å². The summed E-state index contributed by atoms with van der Waals surface area (Å²) in [6.07, 6.45) is 0.296. The molecule has 0 aromatic heterocycles. The third-order valence-corrected chi connectivity index (χ3v) is 3.15. The second-order valence-electron chi connectivity index (χ2n) is 5.20. The lowest BCUT2D eigenvalue weighted by atomic mass is 10.1. The molecule has 116 valence electrons. The normalized spacial score (nSPS) is 10.1. The Hall–Kier alpha value is -2.49. The van der Waals surface area contributed by atoms with Crippen molar-refractivity contribution in [3.05, 3.63) is 53.6 Å². The Morgan fingerprint density at radius 3 is 2.45 bits per heavy atom. The average molecular weight is 299 g/mol. The molecular formula is C18H21NO3. The number of carbonyl (C=O) groups excluding carboxylic acids is 1. The molecule has 0 fully saturated rings. The van der Waals surface area contributed by atoms with E-state index in [0.29, 0.717) is 18.8 Å². The van der Waals surface area contributed by atoms with Crippen molar-refractivity contribution in [3.8, 4) is 11.5 Å². The number of hydrogen-bond donors (Lipinski definition) is 1. The van der Waals surface area contributed by atoms with E-state index < -0.39 is 0 Å². The van der Waals surface area contributed by atoms with Gasteiger partial charge in [-0.3, -0.25) is 4.79 Å². The number of carbonyl (C=O) groups is 1. The number of nitrogens with one attached hydrogen (secondary N) is 1. The second kappa shape index (κ2) is 7.50. The maximum atomic E-state index is 11.9. The first-order valence-corrected chi connectivity index (χ1v) is 7.22. The van der Waals surface area contributed by atoms with Crippen molar-refractivity contribution in [1.82, 2.24) is 0 Å². The van der Waals surface area contributed by atoms with Crippen LogP contribution in [-0.4, -0.2) is 19.6 Å². The van der Waals surface area contributed by atoms with E-state index in [4.69, 9.17) is 9.47 Å². The number of anilines is 1. The molecule has 0 aliphatic heterocycles. The molecule has 4 heteroatoms. The fraction of sp³-hybridized carbons (Fsp3) is 0.278. The van der Waals surface area contributed by atoms with E-state index in [1.54, 1.807) is 13.2 Å². The lowest BCUT2D eigenvalue weighted by Gasteiger charge is -2.09. The van der Waals surface area contributed by atoms with Gasteiger partial charge in [-0.25, -0.2) is 0 Å². The highest BCUT2D eigenvalue weighted by Gasteiger charge is 2.04. The van der Waals surface area contributed by atoms with Gasteiger partial charge in [-0.1, -0.05) is 12.1 Å². The summed E-state index contributed by atoms with van der Waals surface area (Å²) < 4.78 is 10.8. The molecule has 1 N–H and O–H groups in total. The molecule has 0 saturated heterocycles. The first-order chi connectivity index (χ1) is 10.6. The molecule has 2 aromatic carbocycles. The smallest absolute Gasteiger partial charge is 0.227 e. The molecule has 0 atom stereocenters.